The maximum atomic E-state index is 4.86. The molecule has 0 aromatic carbocycles. The first kappa shape index (κ1) is 25.9. The van der Waals surface area contributed by atoms with Crippen LogP contribution < -0.4 is 0 Å². The average molecular weight is 381 g/mol. The minimum Gasteiger partial charge on any atom is -0.303 e. The predicted octanol–water partition coefficient (Wildman–Crippen LogP) is 6.57. The third-order valence-corrected chi connectivity index (χ3v) is 5.50. The number of hydrogen-bond donors (Lipinski definition) is 0. The molecular formula is C23H48N4. The van der Waals surface area contributed by atoms with E-state index in [0.717, 1.165) is 12.8 Å². The fraction of sp³-hybridized carbons (Fsp3) is 0.913. The molecule has 0 aliphatic heterocycles. The quantitative estimate of drug-likeness (QED) is 0.172. The molecule has 0 N–H and O–H groups in total. The van der Waals surface area contributed by atoms with E-state index in [2.05, 4.69) is 27.7 Å². The van der Waals surface area contributed by atoms with Crippen LogP contribution in [0.4, 0.5) is 0 Å². The summed E-state index contributed by atoms with van der Waals surface area (Å²) in [6, 6.07) is 0. The Morgan fingerprint density at radius 3 is 1.22 bits per heavy atom. The van der Waals surface area contributed by atoms with Crippen molar-refractivity contribution in [1.29, 1.82) is 0 Å². The average Bonchev–Trinajstić information content (AvgIpc) is 2.58. The van der Waals surface area contributed by atoms with Crippen LogP contribution in [-0.2, 0) is 0 Å². The summed E-state index contributed by atoms with van der Waals surface area (Å²) in [5.74, 6) is 0. The number of hydrazone groups is 2. The number of rotatable bonds is 16. The second-order valence-electron chi connectivity index (χ2n) is 8.48. The van der Waals surface area contributed by atoms with Gasteiger partial charge in [0.05, 0.1) is 0 Å². The van der Waals surface area contributed by atoms with E-state index in [1.54, 1.807) is 0 Å². The Morgan fingerprint density at radius 2 is 0.926 bits per heavy atom. The van der Waals surface area contributed by atoms with Crippen LogP contribution in [0.25, 0.3) is 0 Å². The molecule has 0 aliphatic rings. The van der Waals surface area contributed by atoms with Gasteiger partial charge in [0.1, 0.15) is 0 Å². The van der Waals surface area contributed by atoms with Crippen molar-refractivity contribution in [2.75, 3.05) is 28.2 Å². The molecule has 0 aliphatic carbocycles. The first-order valence-corrected chi connectivity index (χ1v) is 11.3. The minimum absolute atomic E-state index is 0.00697. The predicted molar refractivity (Wildman–Crippen MR) is 123 cm³/mol. The van der Waals surface area contributed by atoms with Crippen molar-refractivity contribution in [3.8, 4) is 0 Å². The summed E-state index contributed by atoms with van der Waals surface area (Å²) in [6.45, 7) is 8.99. The number of hydrogen-bond acceptors (Lipinski definition) is 4. The molecule has 0 amide bonds. The molecule has 4 heteroatoms. The Morgan fingerprint density at radius 1 is 0.593 bits per heavy atom. The van der Waals surface area contributed by atoms with Gasteiger partial charge in [0.2, 0.25) is 0 Å². The first-order chi connectivity index (χ1) is 12.8. The highest BCUT2D eigenvalue weighted by molar-refractivity contribution is 6.09. The van der Waals surface area contributed by atoms with Gasteiger partial charge in [-0.2, -0.15) is 10.2 Å². The van der Waals surface area contributed by atoms with E-state index in [1.807, 2.05) is 38.2 Å². The molecule has 0 bridgehead atoms. The molecule has 0 aromatic rings. The van der Waals surface area contributed by atoms with E-state index in [-0.39, 0.29) is 5.41 Å². The van der Waals surface area contributed by atoms with Crippen LogP contribution in [0, 0.1) is 5.41 Å². The third-order valence-electron chi connectivity index (χ3n) is 5.50. The first-order valence-electron chi connectivity index (χ1n) is 11.3. The molecular weight excluding hydrogens is 332 g/mol. The standard InChI is InChI=1S/C23H48N4/c1-9-11-13-15-17-19-23(21(3)24-26(5)6,22(4)25-27(7)8)20-18-16-14-12-10-2/h9-20H2,1-8H3/b24-21+,25-22+. The Labute approximate surface area is 170 Å². The molecule has 160 valence electrons. The highest BCUT2D eigenvalue weighted by Gasteiger charge is 2.36. The molecule has 0 spiro atoms. The largest absolute Gasteiger partial charge is 0.303 e. The van der Waals surface area contributed by atoms with Crippen LogP contribution in [-0.4, -0.2) is 49.6 Å². The van der Waals surface area contributed by atoms with E-state index >= 15 is 0 Å². The summed E-state index contributed by atoms with van der Waals surface area (Å²) < 4.78 is 0. The summed E-state index contributed by atoms with van der Waals surface area (Å²) >= 11 is 0. The van der Waals surface area contributed by atoms with Gasteiger partial charge in [-0.1, -0.05) is 78.1 Å². The summed E-state index contributed by atoms with van der Waals surface area (Å²) in [5, 5.41) is 13.6. The Bertz CT molecular complexity index is 384. The lowest BCUT2D eigenvalue weighted by atomic mass is 9.71. The van der Waals surface area contributed by atoms with Gasteiger partial charge >= 0.3 is 0 Å². The van der Waals surface area contributed by atoms with E-state index in [1.165, 1.54) is 75.6 Å². The SMILES string of the molecule is CCCCCCCC(CCCCCCC)(/C(C)=N/N(C)C)/C(C)=N/N(C)C. The highest BCUT2D eigenvalue weighted by Crippen LogP contribution is 2.36. The van der Waals surface area contributed by atoms with Crippen LogP contribution >= 0.6 is 0 Å². The Hall–Kier alpha value is -1.06. The third kappa shape index (κ3) is 10.8. The van der Waals surface area contributed by atoms with Gasteiger partial charge in [-0.3, -0.25) is 0 Å². The fourth-order valence-electron chi connectivity index (χ4n) is 3.96. The van der Waals surface area contributed by atoms with Crippen molar-refractivity contribution >= 4 is 11.4 Å². The molecule has 27 heavy (non-hydrogen) atoms. The molecule has 4 nitrogen and oxygen atoms in total. The van der Waals surface area contributed by atoms with Gasteiger partial charge in [0.15, 0.2) is 0 Å². The molecule has 0 saturated heterocycles. The molecule has 0 radical (unpaired) electrons. The minimum atomic E-state index is -0.00697. The maximum absolute atomic E-state index is 4.86. The van der Waals surface area contributed by atoms with Crippen molar-refractivity contribution in [1.82, 2.24) is 10.0 Å². The van der Waals surface area contributed by atoms with Crippen molar-refractivity contribution in [2.24, 2.45) is 15.6 Å². The Balaban J connectivity index is 5.47. The van der Waals surface area contributed by atoms with E-state index in [9.17, 15) is 0 Å². The monoisotopic (exact) mass is 380 g/mol. The fourth-order valence-corrected chi connectivity index (χ4v) is 3.96. The molecule has 0 heterocycles. The van der Waals surface area contributed by atoms with Crippen molar-refractivity contribution in [3.05, 3.63) is 0 Å². The molecule has 0 rings (SSSR count). The van der Waals surface area contributed by atoms with E-state index < -0.39 is 0 Å². The summed E-state index contributed by atoms with van der Waals surface area (Å²) in [7, 11) is 8.09. The number of unbranched alkanes of at least 4 members (excludes halogenated alkanes) is 8. The van der Waals surface area contributed by atoms with Crippen LogP contribution in [0.2, 0.25) is 0 Å². The van der Waals surface area contributed by atoms with Crippen LogP contribution in [0.3, 0.4) is 0 Å². The topological polar surface area (TPSA) is 31.2 Å². The molecule has 0 atom stereocenters. The van der Waals surface area contributed by atoms with Crippen molar-refractivity contribution < 1.29 is 0 Å². The Kier molecular flexibility index (Phi) is 14.3. The van der Waals surface area contributed by atoms with Gasteiger partial charge in [0.25, 0.3) is 0 Å². The maximum Gasteiger partial charge on any atom is 0.0499 e. The van der Waals surface area contributed by atoms with Crippen LogP contribution in [0.1, 0.15) is 105 Å². The molecule has 0 saturated carbocycles. The smallest absolute Gasteiger partial charge is 0.0499 e. The second-order valence-corrected chi connectivity index (χ2v) is 8.48. The lowest BCUT2D eigenvalue weighted by Gasteiger charge is -2.35. The highest BCUT2D eigenvalue weighted by atomic mass is 15.4. The van der Waals surface area contributed by atoms with Crippen LogP contribution in [0.5, 0.6) is 0 Å². The van der Waals surface area contributed by atoms with Gasteiger partial charge in [-0.25, -0.2) is 0 Å². The van der Waals surface area contributed by atoms with Crippen molar-refractivity contribution in [2.45, 2.75) is 105 Å². The van der Waals surface area contributed by atoms with E-state index in [0.29, 0.717) is 0 Å². The zero-order valence-corrected chi connectivity index (χ0v) is 19.8. The van der Waals surface area contributed by atoms with Gasteiger partial charge in [0, 0.05) is 45.0 Å². The summed E-state index contributed by atoms with van der Waals surface area (Å²) in [5.41, 5.74) is 2.44. The van der Waals surface area contributed by atoms with Gasteiger partial charge in [-0.15, -0.1) is 0 Å². The molecule has 0 unspecified atom stereocenters. The summed E-state index contributed by atoms with van der Waals surface area (Å²) in [6.07, 6.45) is 15.5. The van der Waals surface area contributed by atoms with Gasteiger partial charge in [-0.05, 0) is 26.7 Å². The zero-order valence-electron chi connectivity index (χ0n) is 19.8. The molecule has 0 fully saturated rings. The molecule has 0 aromatic heterocycles. The second kappa shape index (κ2) is 14.9. The zero-order chi connectivity index (χ0) is 20.7. The van der Waals surface area contributed by atoms with E-state index in [4.69, 9.17) is 10.2 Å². The lowest BCUT2D eigenvalue weighted by Crippen LogP contribution is -2.39. The summed E-state index contributed by atoms with van der Waals surface area (Å²) in [4.78, 5) is 0. The van der Waals surface area contributed by atoms with Gasteiger partial charge < -0.3 is 10.0 Å². The van der Waals surface area contributed by atoms with Crippen LogP contribution in [0.15, 0.2) is 10.2 Å². The number of nitrogens with zero attached hydrogens (tertiary/aromatic N) is 4. The normalized spacial score (nSPS) is 13.2. The lowest BCUT2D eigenvalue weighted by molar-refractivity contribution is 0.377. The van der Waals surface area contributed by atoms with Crippen molar-refractivity contribution in [3.63, 3.8) is 0 Å².